The molecule has 1 nitrogen and oxygen atoms in total. The van der Waals surface area contributed by atoms with Gasteiger partial charge in [0.05, 0.1) is 0 Å². The first-order valence-electron chi connectivity index (χ1n) is 10.7. The van der Waals surface area contributed by atoms with Gasteiger partial charge in [-0.05, 0) is 55.5 Å². The summed E-state index contributed by atoms with van der Waals surface area (Å²) in [5.74, 6) is -0.0438. The molecule has 1 unspecified atom stereocenters. The lowest BCUT2D eigenvalue weighted by Gasteiger charge is -2.19. The SMILES string of the molecule is CCCCCCC(C)(C)/C=C\C/C=C\C/C=C\C/C=C\CCC(C)C(=O)Cl. The predicted octanol–water partition coefficient (Wildman–Crippen LogP) is 8.56. The summed E-state index contributed by atoms with van der Waals surface area (Å²) in [6.07, 6.45) is 29.2. The Bertz CT molecular complexity index is 483. The standard InChI is InChI=1S/C25H41ClO/c1-5-6-7-18-21-25(3,4)22-19-16-14-12-10-8-9-11-13-15-17-20-23(2)24(26)27/h8-9,12-15,19,22-23H,5-7,10-11,16-18,20-21H2,1-4H3/b9-8-,14-12-,15-13-,22-19-. The summed E-state index contributed by atoms with van der Waals surface area (Å²) in [7, 11) is 0. The van der Waals surface area contributed by atoms with Crippen LogP contribution in [0, 0.1) is 11.3 Å². The van der Waals surface area contributed by atoms with Crippen LogP contribution in [0.25, 0.3) is 0 Å². The zero-order valence-corrected chi connectivity index (χ0v) is 18.8. The molecule has 2 heteroatoms. The van der Waals surface area contributed by atoms with E-state index in [1.807, 2.05) is 6.92 Å². The van der Waals surface area contributed by atoms with E-state index in [1.54, 1.807) is 0 Å². The smallest absolute Gasteiger partial charge is 0.224 e. The van der Waals surface area contributed by atoms with Crippen LogP contribution in [0.2, 0.25) is 0 Å². The molecule has 0 aliphatic carbocycles. The lowest BCUT2D eigenvalue weighted by molar-refractivity contribution is -0.114. The molecule has 27 heavy (non-hydrogen) atoms. The molecule has 0 fully saturated rings. The van der Waals surface area contributed by atoms with Gasteiger partial charge in [0.1, 0.15) is 0 Å². The van der Waals surface area contributed by atoms with Crippen molar-refractivity contribution < 1.29 is 4.79 Å². The Morgan fingerprint density at radius 3 is 2.00 bits per heavy atom. The molecule has 0 rings (SSSR count). The Kier molecular flexibility index (Phi) is 16.4. The molecule has 0 aromatic carbocycles. The fraction of sp³-hybridized carbons (Fsp3) is 0.640. The van der Waals surface area contributed by atoms with Gasteiger partial charge in [-0.3, -0.25) is 4.79 Å². The first-order chi connectivity index (χ1) is 12.9. The molecule has 154 valence electrons. The number of carbonyl (C=O) groups is 1. The van der Waals surface area contributed by atoms with Crippen molar-refractivity contribution in [3.63, 3.8) is 0 Å². The molecule has 0 heterocycles. The highest BCUT2D eigenvalue weighted by Crippen LogP contribution is 2.25. The van der Waals surface area contributed by atoms with E-state index in [4.69, 9.17) is 11.6 Å². The predicted molar refractivity (Wildman–Crippen MR) is 122 cm³/mol. The number of rotatable bonds is 16. The third kappa shape index (κ3) is 18.1. The monoisotopic (exact) mass is 392 g/mol. The maximum atomic E-state index is 10.9. The van der Waals surface area contributed by atoms with Crippen LogP contribution in [-0.2, 0) is 4.79 Å². The molecule has 0 aliphatic heterocycles. The van der Waals surface area contributed by atoms with Gasteiger partial charge in [-0.25, -0.2) is 0 Å². The van der Waals surface area contributed by atoms with Gasteiger partial charge in [0, 0.05) is 5.92 Å². The molecule has 0 saturated carbocycles. The summed E-state index contributed by atoms with van der Waals surface area (Å²) in [5.41, 5.74) is 0.322. The second kappa shape index (κ2) is 17.0. The molecule has 0 aromatic rings. The number of unbranched alkanes of at least 4 members (excludes halogenated alkanes) is 3. The van der Waals surface area contributed by atoms with Gasteiger partial charge in [-0.1, -0.05) is 102 Å². The Labute approximate surface area is 173 Å². The largest absolute Gasteiger partial charge is 0.281 e. The zero-order chi connectivity index (χ0) is 20.4. The Hall–Kier alpha value is -1.08. The van der Waals surface area contributed by atoms with Crippen LogP contribution < -0.4 is 0 Å². The summed E-state index contributed by atoms with van der Waals surface area (Å²) < 4.78 is 0. The van der Waals surface area contributed by atoms with Crippen LogP contribution in [0.3, 0.4) is 0 Å². The maximum Gasteiger partial charge on any atom is 0.224 e. The van der Waals surface area contributed by atoms with E-state index < -0.39 is 0 Å². The third-order valence-corrected chi connectivity index (χ3v) is 5.09. The lowest BCUT2D eigenvalue weighted by Crippen LogP contribution is -2.06. The fourth-order valence-corrected chi connectivity index (χ4v) is 2.88. The van der Waals surface area contributed by atoms with Crippen molar-refractivity contribution >= 4 is 16.8 Å². The van der Waals surface area contributed by atoms with Gasteiger partial charge in [-0.2, -0.15) is 0 Å². The molecule has 0 radical (unpaired) electrons. The minimum atomic E-state index is -0.236. The normalized spacial score (nSPS) is 14.3. The van der Waals surface area contributed by atoms with E-state index in [1.165, 1.54) is 32.1 Å². The summed E-state index contributed by atoms with van der Waals surface area (Å²) in [6.45, 7) is 8.81. The highest BCUT2D eigenvalue weighted by atomic mass is 35.5. The summed E-state index contributed by atoms with van der Waals surface area (Å²) >= 11 is 5.44. The van der Waals surface area contributed by atoms with Crippen molar-refractivity contribution in [2.45, 2.75) is 91.9 Å². The van der Waals surface area contributed by atoms with Crippen molar-refractivity contribution in [1.29, 1.82) is 0 Å². The second-order valence-electron chi connectivity index (χ2n) is 8.11. The highest BCUT2D eigenvalue weighted by molar-refractivity contribution is 6.63. The molecule has 0 N–H and O–H groups in total. The Morgan fingerprint density at radius 2 is 1.44 bits per heavy atom. The van der Waals surface area contributed by atoms with Crippen LogP contribution in [-0.4, -0.2) is 5.24 Å². The van der Waals surface area contributed by atoms with E-state index in [9.17, 15) is 4.79 Å². The fourth-order valence-electron chi connectivity index (χ4n) is 2.77. The van der Waals surface area contributed by atoms with Crippen LogP contribution in [0.1, 0.15) is 91.9 Å². The van der Waals surface area contributed by atoms with Crippen molar-refractivity contribution in [2.75, 3.05) is 0 Å². The van der Waals surface area contributed by atoms with Crippen molar-refractivity contribution in [3.05, 3.63) is 48.6 Å². The zero-order valence-electron chi connectivity index (χ0n) is 18.1. The molecule has 0 aromatic heterocycles. The highest BCUT2D eigenvalue weighted by Gasteiger charge is 2.12. The topological polar surface area (TPSA) is 17.1 Å². The van der Waals surface area contributed by atoms with Crippen LogP contribution in [0.5, 0.6) is 0 Å². The molecular formula is C25H41ClO. The third-order valence-electron chi connectivity index (χ3n) is 4.71. The van der Waals surface area contributed by atoms with Crippen LogP contribution in [0.4, 0.5) is 0 Å². The number of halogens is 1. The molecule has 1 atom stereocenters. The van der Waals surface area contributed by atoms with Crippen molar-refractivity contribution in [2.24, 2.45) is 11.3 Å². The summed E-state index contributed by atoms with van der Waals surface area (Å²) in [5, 5.41) is -0.236. The average Bonchev–Trinajstić information content (AvgIpc) is 2.62. The maximum absolute atomic E-state index is 10.9. The summed E-state index contributed by atoms with van der Waals surface area (Å²) in [4.78, 5) is 10.9. The first-order valence-corrected chi connectivity index (χ1v) is 11.1. The van der Waals surface area contributed by atoms with E-state index in [-0.39, 0.29) is 11.2 Å². The van der Waals surface area contributed by atoms with Gasteiger partial charge in [0.25, 0.3) is 0 Å². The minimum Gasteiger partial charge on any atom is -0.281 e. The van der Waals surface area contributed by atoms with Gasteiger partial charge < -0.3 is 0 Å². The molecule has 0 saturated heterocycles. The Balaban J connectivity index is 3.76. The Morgan fingerprint density at radius 1 is 0.889 bits per heavy atom. The van der Waals surface area contributed by atoms with Crippen LogP contribution in [0.15, 0.2) is 48.6 Å². The number of carbonyl (C=O) groups excluding carboxylic acids is 1. The van der Waals surface area contributed by atoms with E-state index in [0.717, 1.165) is 32.1 Å². The van der Waals surface area contributed by atoms with E-state index in [0.29, 0.717) is 5.41 Å². The lowest BCUT2D eigenvalue weighted by atomic mass is 9.86. The van der Waals surface area contributed by atoms with Gasteiger partial charge in [0.15, 0.2) is 0 Å². The number of hydrogen-bond donors (Lipinski definition) is 0. The average molecular weight is 393 g/mol. The van der Waals surface area contributed by atoms with Crippen LogP contribution >= 0.6 is 11.6 Å². The molecule has 0 amide bonds. The first kappa shape index (κ1) is 25.9. The number of allylic oxidation sites excluding steroid dienone is 8. The number of hydrogen-bond acceptors (Lipinski definition) is 1. The van der Waals surface area contributed by atoms with Crippen molar-refractivity contribution in [3.8, 4) is 0 Å². The molecule has 0 spiro atoms. The molecule has 0 aliphatic rings. The summed E-state index contributed by atoms with van der Waals surface area (Å²) in [6, 6.07) is 0. The quantitative estimate of drug-likeness (QED) is 0.146. The van der Waals surface area contributed by atoms with E-state index in [2.05, 4.69) is 69.4 Å². The van der Waals surface area contributed by atoms with Crippen molar-refractivity contribution in [1.82, 2.24) is 0 Å². The van der Waals surface area contributed by atoms with Gasteiger partial charge in [0.2, 0.25) is 5.24 Å². The second-order valence-corrected chi connectivity index (χ2v) is 8.48. The van der Waals surface area contributed by atoms with E-state index >= 15 is 0 Å². The minimum absolute atomic E-state index is 0.0438. The molecule has 0 bridgehead atoms. The van der Waals surface area contributed by atoms with Gasteiger partial charge in [-0.15, -0.1) is 0 Å². The molecular weight excluding hydrogens is 352 g/mol. The van der Waals surface area contributed by atoms with Gasteiger partial charge >= 0.3 is 0 Å².